The molecule has 0 atom stereocenters. The Morgan fingerprint density at radius 2 is 1.91 bits per heavy atom. The van der Waals surface area contributed by atoms with E-state index in [4.69, 9.17) is 21.3 Å². The van der Waals surface area contributed by atoms with Gasteiger partial charge in [-0.1, -0.05) is 23.7 Å². The van der Waals surface area contributed by atoms with Gasteiger partial charge in [0.05, 0.1) is 12.3 Å². The number of aromatic nitrogens is 1. The van der Waals surface area contributed by atoms with Crippen molar-refractivity contribution in [3.05, 3.63) is 34.2 Å². The van der Waals surface area contributed by atoms with Gasteiger partial charge in [-0.15, -0.1) is 11.3 Å². The number of anilines is 1. The number of hydrogen-bond donors (Lipinski definition) is 0. The first kappa shape index (κ1) is 17.8. The minimum atomic E-state index is -0.258. The highest BCUT2D eigenvalue weighted by atomic mass is 35.5. The summed E-state index contributed by atoms with van der Waals surface area (Å²) in [4.78, 5) is 19.1. The Morgan fingerprint density at radius 1 is 1.26 bits per heavy atom. The molecular weight excluding hydrogens is 332 g/mol. The summed E-state index contributed by atoms with van der Waals surface area (Å²) in [6.07, 6.45) is 0.663. The predicted molar refractivity (Wildman–Crippen MR) is 96.5 cm³/mol. The van der Waals surface area contributed by atoms with Gasteiger partial charge in [-0.25, -0.2) is 4.98 Å². The summed E-state index contributed by atoms with van der Waals surface area (Å²) >= 11 is 7.63. The van der Waals surface area contributed by atoms with E-state index < -0.39 is 0 Å². The van der Waals surface area contributed by atoms with Crippen LogP contribution in [0.5, 0.6) is 0 Å². The summed E-state index contributed by atoms with van der Waals surface area (Å²) in [6, 6.07) is 7.67. The lowest BCUT2D eigenvalue weighted by atomic mass is 10.1. The SMILES string of the molecule is CCN(CC)c1nc(-c2ccc(Cl)cc2)c(CCOC(C)=O)s1. The van der Waals surface area contributed by atoms with E-state index >= 15 is 0 Å². The van der Waals surface area contributed by atoms with Crippen LogP contribution < -0.4 is 4.90 Å². The van der Waals surface area contributed by atoms with Gasteiger partial charge in [0.1, 0.15) is 0 Å². The van der Waals surface area contributed by atoms with Crippen LogP contribution in [0.15, 0.2) is 24.3 Å². The van der Waals surface area contributed by atoms with Gasteiger partial charge in [0.15, 0.2) is 5.13 Å². The van der Waals surface area contributed by atoms with E-state index in [1.165, 1.54) is 6.92 Å². The summed E-state index contributed by atoms with van der Waals surface area (Å²) < 4.78 is 5.08. The Labute approximate surface area is 146 Å². The number of ether oxygens (including phenoxy) is 1. The third kappa shape index (κ3) is 4.69. The molecule has 0 aliphatic carbocycles. The number of thiazole rings is 1. The van der Waals surface area contributed by atoms with Crippen molar-refractivity contribution in [2.45, 2.75) is 27.2 Å². The van der Waals surface area contributed by atoms with Crippen LogP contribution >= 0.6 is 22.9 Å². The zero-order valence-corrected chi connectivity index (χ0v) is 15.2. The molecule has 0 fully saturated rings. The maximum Gasteiger partial charge on any atom is 0.302 e. The third-order valence-corrected chi connectivity index (χ3v) is 4.90. The Balaban J connectivity index is 2.32. The van der Waals surface area contributed by atoms with Gasteiger partial charge in [-0.2, -0.15) is 0 Å². The van der Waals surface area contributed by atoms with Gasteiger partial charge in [0.25, 0.3) is 0 Å². The number of halogens is 1. The van der Waals surface area contributed by atoms with Gasteiger partial charge in [0, 0.05) is 41.9 Å². The van der Waals surface area contributed by atoms with Crippen molar-refractivity contribution in [3.63, 3.8) is 0 Å². The molecule has 1 heterocycles. The molecule has 1 aromatic heterocycles. The van der Waals surface area contributed by atoms with Crippen molar-refractivity contribution in [2.75, 3.05) is 24.6 Å². The fourth-order valence-electron chi connectivity index (χ4n) is 2.26. The smallest absolute Gasteiger partial charge is 0.302 e. The average molecular weight is 353 g/mol. The van der Waals surface area contributed by atoms with Gasteiger partial charge >= 0.3 is 5.97 Å². The van der Waals surface area contributed by atoms with Crippen molar-refractivity contribution in [2.24, 2.45) is 0 Å². The van der Waals surface area contributed by atoms with Crippen LogP contribution in [0.2, 0.25) is 5.02 Å². The maximum atomic E-state index is 11.0. The van der Waals surface area contributed by atoms with Crippen molar-refractivity contribution in [1.82, 2.24) is 4.98 Å². The first-order valence-electron chi connectivity index (χ1n) is 7.69. The topological polar surface area (TPSA) is 42.4 Å². The van der Waals surface area contributed by atoms with E-state index in [0.29, 0.717) is 18.1 Å². The van der Waals surface area contributed by atoms with Gasteiger partial charge < -0.3 is 9.64 Å². The molecule has 2 rings (SSSR count). The molecule has 0 N–H and O–H groups in total. The fraction of sp³-hybridized carbons (Fsp3) is 0.412. The number of carbonyl (C=O) groups excluding carboxylic acids is 1. The molecule has 23 heavy (non-hydrogen) atoms. The summed E-state index contributed by atoms with van der Waals surface area (Å²) in [7, 11) is 0. The predicted octanol–water partition coefficient (Wildman–Crippen LogP) is 4.42. The zero-order valence-electron chi connectivity index (χ0n) is 13.6. The van der Waals surface area contributed by atoms with E-state index in [1.807, 2.05) is 24.3 Å². The molecule has 0 unspecified atom stereocenters. The highest BCUT2D eigenvalue weighted by molar-refractivity contribution is 7.16. The first-order chi connectivity index (χ1) is 11.0. The minimum absolute atomic E-state index is 0.258. The molecule has 0 aliphatic rings. The molecule has 0 radical (unpaired) electrons. The monoisotopic (exact) mass is 352 g/mol. The van der Waals surface area contributed by atoms with Crippen molar-refractivity contribution in [3.8, 4) is 11.3 Å². The van der Waals surface area contributed by atoms with Crippen LogP contribution in [0.1, 0.15) is 25.6 Å². The van der Waals surface area contributed by atoms with Crippen molar-refractivity contribution in [1.29, 1.82) is 0 Å². The number of hydrogen-bond acceptors (Lipinski definition) is 5. The molecule has 124 valence electrons. The molecule has 2 aromatic rings. The van der Waals surface area contributed by atoms with E-state index in [0.717, 1.165) is 34.4 Å². The van der Waals surface area contributed by atoms with Crippen LogP contribution in [0.3, 0.4) is 0 Å². The maximum absolute atomic E-state index is 11.0. The van der Waals surface area contributed by atoms with E-state index in [2.05, 4.69) is 18.7 Å². The van der Waals surface area contributed by atoms with Crippen molar-refractivity contribution < 1.29 is 9.53 Å². The number of rotatable bonds is 7. The zero-order chi connectivity index (χ0) is 16.8. The Bertz CT molecular complexity index is 651. The van der Waals surface area contributed by atoms with Crippen LogP contribution in [-0.4, -0.2) is 30.6 Å². The molecule has 0 saturated carbocycles. The van der Waals surface area contributed by atoms with Crippen LogP contribution in [0.25, 0.3) is 11.3 Å². The summed E-state index contributed by atoms with van der Waals surface area (Å²) in [5.41, 5.74) is 1.97. The second-order valence-corrected chi connectivity index (χ2v) is 6.54. The van der Waals surface area contributed by atoms with Gasteiger partial charge in [0.2, 0.25) is 0 Å². The second-order valence-electron chi connectivity index (χ2n) is 5.04. The van der Waals surface area contributed by atoms with E-state index in [9.17, 15) is 4.79 Å². The van der Waals surface area contributed by atoms with Gasteiger partial charge in [-0.05, 0) is 26.0 Å². The fourth-order valence-corrected chi connectivity index (χ4v) is 3.58. The molecule has 0 saturated heterocycles. The summed E-state index contributed by atoms with van der Waals surface area (Å²) in [5.74, 6) is -0.258. The number of carbonyl (C=O) groups is 1. The first-order valence-corrected chi connectivity index (χ1v) is 8.88. The minimum Gasteiger partial charge on any atom is -0.465 e. The van der Waals surface area contributed by atoms with E-state index in [1.54, 1.807) is 11.3 Å². The second kappa shape index (κ2) is 8.31. The molecule has 0 amide bonds. The molecule has 0 bridgehead atoms. The average Bonchev–Trinajstić information content (AvgIpc) is 2.93. The number of benzene rings is 1. The molecular formula is C17H21ClN2O2S. The molecule has 1 aromatic carbocycles. The third-order valence-electron chi connectivity index (χ3n) is 3.47. The molecule has 0 aliphatic heterocycles. The lowest BCUT2D eigenvalue weighted by molar-refractivity contribution is -0.140. The molecule has 0 spiro atoms. The molecule has 6 heteroatoms. The summed E-state index contributed by atoms with van der Waals surface area (Å²) in [5, 5.41) is 1.70. The lowest BCUT2D eigenvalue weighted by Gasteiger charge is -2.16. The number of nitrogens with zero attached hydrogens (tertiary/aromatic N) is 2. The van der Waals surface area contributed by atoms with Crippen LogP contribution in [0.4, 0.5) is 5.13 Å². The standard InChI is InChI=1S/C17H21ClN2O2S/c1-4-20(5-2)17-19-16(13-6-8-14(18)9-7-13)15(23-17)10-11-22-12(3)21/h6-9H,4-5,10-11H2,1-3H3. The van der Waals surface area contributed by atoms with Crippen LogP contribution in [-0.2, 0) is 16.0 Å². The van der Waals surface area contributed by atoms with E-state index in [-0.39, 0.29) is 5.97 Å². The van der Waals surface area contributed by atoms with Crippen LogP contribution in [0, 0.1) is 0 Å². The summed E-state index contributed by atoms with van der Waals surface area (Å²) in [6.45, 7) is 7.85. The highest BCUT2D eigenvalue weighted by Crippen LogP contribution is 2.34. The molecule has 4 nitrogen and oxygen atoms in total. The largest absolute Gasteiger partial charge is 0.465 e. The van der Waals surface area contributed by atoms with Crippen molar-refractivity contribution >= 4 is 34.0 Å². The highest BCUT2D eigenvalue weighted by Gasteiger charge is 2.16. The number of esters is 1. The Hall–Kier alpha value is -1.59. The van der Waals surface area contributed by atoms with Gasteiger partial charge in [-0.3, -0.25) is 4.79 Å². The Kier molecular flexibility index (Phi) is 6.42. The normalized spacial score (nSPS) is 10.6. The lowest BCUT2D eigenvalue weighted by Crippen LogP contribution is -2.21. The quantitative estimate of drug-likeness (QED) is 0.692. The Morgan fingerprint density at radius 3 is 2.48 bits per heavy atom.